The number of benzene rings is 2. The van der Waals surface area contributed by atoms with Gasteiger partial charge in [-0.05, 0) is 90.8 Å². The van der Waals surface area contributed by atoms with Crippen LogP contribution in [0.2, 0.25) is 5.02 Å². The Labute approximate surface area is 188 Å². The molecule has 0 atom stereocenters. The topological polar surface area (TPSA) is 33.7 Å². The molecule has 29 heavy (non-hydrogen) atoms. The third-order valence-corrected chi connectivity index (χ3v) is 5.52. The standard InChI is InChI=1S/C23H32BrClN2O2/c1-4-27(5-2)12-8-11-26-16-19-14-21(24)23(22(15-19)28-6-3)29-17-18-9-7-10-20(25)13-18/h7,9-10,13-15,26H,4-6,8,11-12,16-17H2,1-3H3. The normalized spacial score (nSPS) is 11.1. The second-order valence-corrected chi connectivity index (χ2v) is 8.10. The Bertz CT molecular complexity index is 754. The van der Waals surface area contributed by atoms with Gasteiger partial charge in [0.25, 0.3) is 0 Å². The average molecular weight is 484 g/mol. The van der Waals surface area contributed by atoms with Gasteiger partial charge in [-0.3, -0.25) is 0 Å². The lowest BCUT2D eigenvalue weighted by Crippen LogP contribution is -2.27. The molecule has 0 fully saturated rings. The number of rotatable bonds is 13. The molecule has 0 saturated heterocycles. The summed E-state index contributed by atoms with van der Waals surface area (Å²) in [6.45, 7) is 12.5. The van der Waals surface area contributed by atoms with E-state index in [4.69, 9.17) is 21.1 Å². The smallest absolute Gasteiger partial charge is 0.175 e. The van der Waals surface area contributed by atoms with E-state index in [9.17, 15) is 0 Å². The van der Waals surface area contributed by atoms with Crippen molar-refractivity contribution in [1.29, 1.82) is 0 Å². The Hall–Kier alpha value is -1.27. The number of hydrogen-bond acceptors (Lipinski definition) is 4. The van der Waals surface area contributed by atoms with Gasteiger partial charge in [0.2, 0.25) is 0 Å². The van der Waals surface area contributed by atoms with Crippen LogP contribution in [-0.4, -0.2) is 37.7 Å². The van der Waals surface area contributed by atoms with Gasteiger partial charge in [-0.2, -0.15) is 0 Å². The molecule has 0 unspecified atom stereocenters. The summed E-state index contributed by atoms with van der Waals surface area (Å²) in [5.41, 5.74) is 2.18. The van der Waals surface area contributed by atoms with Crippen molar-refractivity contribution < 1.29 is 9.47 Å². The first kappa shape index (κ1) is 24.0. The molecule has 6 heteroatoms. The van der Waals surface area contributed by atoms with Crippen LogP contribution in [0.1, 0.15) is 38.3 Å². The van der Waals surface area contributed by atoms with E-state index in [0.717, 1.165) is 60.7 Å². The first-order chi connectivity index (χ1) is 14.1. The molecular formula is C23H32BrClN2O2. The van der Waals surface area contributed by atoms with Crippen LogP contribution in [0, 0.1) is 0 Å². The van der Waals surface area contributed by atoms with E-state index in [1.54, 1.807) is 0 Å². The molecule has 0 aliphatic heterocycles. The molecule has 0 spiro atoms. The Morgan fingerprint density at radius 1 is 1.03 bits per heavy atom. The van der Waals surface area contributed by atoms with Crippen molar-refractivity contribution in [3.05, 3.63) is 57.0 Å². The number of halogens is 2. The fraction of sp³-hybridized carbons (Fsp3) is 0.478. The SMILES string of the molecule is CCOc1cc(CNCCCN(CC)CC)cc(Br)c1OCc1cccc(Cl)c1. The first-order valence-electron chi connectivity index (χ1n) is 10.3. The number of ether oxygens (including phenoxy) is 2. The van der Waals surface area contributed by atoms with Crippen LogP contribution in [0.3, 0.4) is 0 Å². The second-order valence-electron chi connectivity index (χ2n) is 6.81. The average Bonchev–Trinajstić information content (AvgIpc) is 2.70. The molecule has 2 rings (SSSR count). The summed E-state index contributed by atoms with van der Waals surface area (Å²) in [6, 6.07) is 11.8. The summed E-state index contributed by atoms with van der Waals surface area (Å²) in [6.07, 6.45) is 1.14. The highest BCUT2D eigenvalue weighted by molar-refractivity contribution is 9.10. The van der Waals surface area contributed by atoms with E-state index in [2.05, 4.69) is 52.1 Å². The van der Waals surface area contributed by atoms with Gasteiger partial charge in [-0.15, -0.1) is 0 Å². The molecular weight excluding hydrogens is 452 g/mol. The molecule has 2 aromatic rings. The molecule has 2 aromatic carbocycles. The zero-order chi connectivity index (χ0) is 21.1. The third kappa shape index (κ3) is 8.17. The highest BCUT2D eigenvalue weighted by atomic mass is 79.9. The molecule has 0 radical (unpaired) electrons. The molecule has 0 heterocycles. The van der Waals surface area contributed by atoms with Crippen LogP contribution in [0.4, 0.5) is 0 Å². The third-order valence-electron chi connectivity index (χ3n) is 4.69. The first-order valence-corrected chi connectivity index (χ1v) is 11.5. The summed E-state index contributed by atoms with van der Waals surface area (Å²) in [5.74, 6) is 1.47. The highest BCUT2D eigenvalue weighted by Gasteiger charge is 2.13. The Balaban J connectivity index is 1.95. The molecule has 0 aliphatic rings. The predicted molar refractivity (Wildman–Crippen MR) is 125 cm³/mol. The molecule has 160 valence electrons. The summed E-state index contributed by atoms with van der Waals surface area (Å²) in [4.78, 5) is 2.44. The molecule has 1 N–H and O–H groups in total. The maximum Gasteiger partial charge on any atom is 0.175 e. The van der Waals surface area contributed by atoms with Gasteiger partial charge < -0.3 is 19.7 Å². The van der Waals surface area contributed by atoms with Gasteiger partial charge in [0.15, 0.2) is 11.5 Å². The monoisotopic (exact) mass is 482 g/mol. The second kappa shape index (κ2) is 13.1. The number of nitrogens with one attached hydrogen (secondary N) is 1. The van der Waals surface area contributed by atoms with Crippen molar-refractivity contribution in [3.8, 4) is 11.5 Å². The maximum atomic E-state index is 6.07. The number of nitrogens with zero attached hydrogens (tertiary/aromatic N) is 1. The van der Waals surface area contributed by atoms with E-state index in [0.29, 0.717) is 18.2 Å². The lowest BCUT2D eigenvalue weighted by atomic mass is 10.2. The molecule has 0 bridgehead atoms. The number of hydrogen-bond donors (Lipinski definition) is 1. The van der Waals surface area contributed by atoms with E-state index in [1.165, 1.54) is 5.56 Å². The zero-order valence-corrected chi connectivity index (χ0v) is 20.0. The van der Waals surface area contributed by atoms with Gasteiger partial charge in [0, 0.05) is 11.6 Å². The van der Waals surface area contributed by atoms with E-state index in [1.807, 2.05) is 31.2 Å². The summed E-state index contributed by atoms with van der Waals surface area (Å²) in [7, 11) is 0. The minimum absolute atomic E-state index is 0.433. The molecule has 4 nitrogen and oxygen atoms in total. The van der Waals surface area contributed by atoms with Gasteiger partial charge in [-0.25, -0.2) is 0 Å². The largest absolute Gasteiger partial charge is 0.490 e. The van der Waals surface area contributed by atoms with Gasteiger partial charge >= 0.3 is 0 Å². The predicted octanol–water partition coefficient (Wildman–Crippen LogP) is 5.90. The molecule has 0 aliphatic carbocycles. The molecule has 0 aromatic heterocycles. The van der Waals surface area contributed by atoms with Gasteiger partial charge in [0.1, 0.15) is 6.61 Å². The Morgan fingerprint density at radius 2 is 1.83 bits per heavy atom. The lowest BCUT2D eigenvalue weighted by molar-refractivity contribution is 0.267. The summed E-state index contributed by atoms with van der Waals surface area (Å²) < 4.78 is 12.8. The van der Waals surface area contributed by atoms with Gasteiger partial charge in [0.05, 0.1) is 11.1 Å². The van der Waals surface area contributed by atoms with Crippen LogP contribution >= 0.6 is 27.5 Å². The van der Waals surface area contributed by atoms with E-state index < -0.39 is 0 Å². The molecule has 0 amide bonds. The Morgan fingerprint density at radius 3 is 2.52 bits per heavy atom. The summed E-state index contributed by atoms with van der Waals surface area (Å²) in [5, 5.41) is 4.23. The molecule has 0 saturated carbocycles. The highest BCUT2D eigenvalue weighted by Crippen LogP contribution is 2.37. The minimum atomic E-state index is 0.433. The maximum absolute atomic E-state index is 6.07. The van der Waals surface area contributed by atoms with Crippen molar-refractivity contribution >= 4 is 27.5 Å². The zero-order valence-electron chi connectivity index (χ0n) is 17.6. The minimum Gasteiger partial charge on any atom is -0.490 e. The van der Waals surface area contributed by atoms with Crippen molar-refractivity contribution in [3.63, 3.8) is 0 Å². The quantitative estimate of drug-likeness (QED) is 0.360. The van der Waals surface area contributed by atoms with Crippen LogP contribution < -0.4 is 14.8 Å². The van der Waals surface area contributed by atoms with E-state index >= 15 is 0 Å². The Kier molecular flexibility index (Phi) is 10.9. The van der Waals surface area contributed by atoms with Crippen LogP contribution in [0.15, 0.2) is 40.9 Å². The summed E-state index contributed by atoms with van der Waals surface area (Å²) >= 11 is 9.72. The van der Waals surface area contributed by atoms with Crippen molar-refractivity contribution in [1.82, 2.24) is 10.2 Å². The fourth-order valence-corrected chi connectivity index (χ4v) is 3.93. The van der Waals surface area contributed by atoms with Crippen LogP contribution in [-0.2, 0) is 13.2 Å². The fourth-order valence-electron chi connectivity index (χ4n) is 3.11. The van der Waals surface area contributed by atoms with Gasteiger partial charge in [-0.1, -0.05) is 37.6 Å². The van der Waals surface area contributed by atoms with Crippen LogP contribution in [0.5, 0.6) is 11.5 Å². The van der Waals surface area contributed by atoms with Crippen molar-refractivity contribution in [2.24, 2.45) is 0 Å². The van der Waals surface area contributed by atoms with Crippen molar-refractivity contribution in [2.75, 3.05) is 32.8 Å². The van der Waals surface area contributed by atoms with Crippen molar-refractivity contribution in [2.45, 2.75) is 40.3 Å². The lowest BCUT2D eigenvalue weighted by Gasteiger charge is -2.18. The van der Waals surface area contributed by atoms with E-state index in [-0.39, 0.29) is 0 Å². The van der Waals surface area contributed by atoms with Crippen LogP contribution in [0.25, 0.3) is 0 Å².